The Morgan fingerprint density at radius 2 is 2.14 bits per heavy atom. The second-order valence-electron chi connectivity index (χ2n) is 5.09. The summed E-state index contributed by atoms with van der Waals surface area (Å²) in [4.78, 5) is 12.0. The second kappa shape index (κ2) is 6.11. The van der Waals surface area contributed by atoms with Crippen LogP contribution in [-0.4, -0.2) is 13.0 Å². The van der Waals surface area contributed by atoms with Crippen molar-refractivity contribution in [1.29, 1.82) is 0 Å². The first-order chi connectivity index (χ1) is 10.3. The van der Waals surface area contributed by atoms with Crippen LogP contribution in [0.4, 0.5) is 0 Å². The highest BCUT2D eigenvalue weighted by molar-refractivity contribution is 5.91. The molecule has 2 heterocycles. The monoisotopic (exact) mass is 286 g/mol. The molecule has 1 aromatic heterocycles. The molecule has 3 rings (SSSR count). The van der Waals surface area contributed by atoms with E-state index in [4.69, 9.17) is 9.15 Å². The molecule has 0 unspecified atom stereocenters. The molecule has 1 amide bonds. The maximum Gasteiger partial charge on any atom is 0.287 e. The molecule has 0 saturated carbocycles. The zero-order valence-electron chi connectivity index (χ0n) is 11.9. The highest BCUT2D eigenvalue weighted by atomic mass is 16.5. The Labute approximate surface area is 123 Å². The zero-order chi connectivity index (χ0) is 14.7. The molecule has 2 N–H and O–H groups in total. The number of ether oxygens (including phenoxy) is 1. The van der Waals surface area contributed by atoms with E-state index in [1.807, 2.05) is 6.07 Å². The first kappa shape index (κ1) is 13.9. The van der Waals surface area contributed by atoms with Crippen LogP contribution in [0.2, 0.25) is 0 Å². The molecule has 1 aliphatic rings. The number of carbonyl (C=O) groups is 1. The Balaban J connectivity index is 1.60. The Morgan fingerprint density at radius 1 is 1.29 bits per heavy atom. The predicted octanol–water partition coefficient (Wildman–Crippen LogP) is 1.96. The minimum atomic E-state index is -0.212. The van der Waals surface area contributed by atoms with Gasteiger partial charge in [-0.3, -0.25) is 4.79 Å². The summed E-state index contributed by atoms with van der Waals surface area (Å²) in [6.45, 7) is 2.68. The van der Waals surface area contributed by atoms with Crippen LogP contribution in [0.25, 0.3) is 0 Å². The van der Waals surface area contributed by atoms with E-state index in [1.54, 1.807) is 19.2 Å². The average molecular weight is 286 g/mol. The zero-order valence-corrected chi connectivity index (χ0v) is 11.9. The van der Waals surface area contributed by atoms with Crippen molar-refractivity contribution in [3.63, 3.8) is 0 Å². The number of hydrogen-bond donors (Lipinski definition) is 2. The molecule has 1 aromatic carbocycles. The van der Waals surface area contributed by atoms with E-state index < -0.39 is 0 Å². The van der Waals surface area contributed by atoms with Crippen LogP contribution in [0.3, 0.4) is 0 Å². The molecule has 5 nitrogen and oxygen atoms in total. The topological polar surface area (TPSA) is 63.5 Å². The predicted molar refractivity (Wildman–Crippen MR) is 77.6 cm³/mol. The number of amides is 1. The molecule has 0 saturated heterocycles. The van der Waals surface area contributed by atoms with Gasteiger partial charge >= 0.3 is 0 Å². The number of rotatable bonds is 5. The number of nitrogens with one attached hydrogen (secondary N) is 2. The van der Waals surface area contributed by atoms with E-state index in [0.717, 1.165) is 18.7 Å². The van der Waals surface area contributed by atoms with Crippen LogP contribution in [-0.2, 0) is 31.0 Å². The van der Waals surface area contributed by atoms with Crippen LogP contribution < -0.4 is 10.6 Å². The van der Waals surface area contributed by atoms with E-state index in [2.05, 4.69) is 22.8 Å². The summed E-state index contributed by atoms with van der Waals surface area (Å²) >= 11 is 0. The first-order valence-corrected chi connectivity index (χ1v) is 6.93. The summed E-state index contributed by atoms with van der Waals surface area (Å²) in [7, 11) is 1.59. The van der Waals surface area contributed by atoms with Gasteiger partial charge in [0.05, 0.1) is 0 Å². The molecule has 2 aromatic rings. The Hall–Kier alpha value is -2.11. The van der Waals surface area contributed by atoms with Crippen molar-refractivity contribution in [2.45, 2.75) is 26.2 Å². The third kappa shape index (κ3) is 3.15. The van der Waals surface area contributed by atoms with Crippen molar-refractivity contribution < 1.29 is 13.9 Å². The standard InChI is InChI=1S/C16H18N2O3/c1-20-10-14-4-5-15(21-14)16(19)18-7-11-2-3-12-8-17-9-13(12)6-11/h2-6,17H,7-10H2,1H3,(H,18,19). The number of benzene rings is 1. The van der Waals surface area contributed by atoms with E-state index >= 15 is 0 Å². The fourth-order valence-electron chi connectivity index (χ4n) is 2.45. The molecule has 0 fully saturated rings. The number of hydrogen-bond acceptors (Lipinski definition) is 4. The lowest BCUT2D eigenvalue weighted by atomic mass is 10.1. The van der Waals surface area contributed by atoms with Gasteiger partial charge in [0.2, 0.25) is 0 Å². The van der Waals surface area contributed by atoms with Crippen molar-refractivity contribution in [1.82, 2.24) is 10.6 Å². The maximum atomic E-state index is 12.0. The summed E-state index contributed by atoms with van der Waals surface area (Å²) in [6, 6.07) is 9.70. The second-order valence-corrected chi connectivity index (χ2v) is 5.09. The van der Waals surface area contributed by atoms with Gasteiger partial charge in [0, 0.05) is 26.7 Å². The maximum absolute atomic E-state index is 12.0. The van der Waals surface area contributed by atoms with Gasteiger partial charge in [-0.2, -0.15) is 0 Å². The third-order valence-corrected chi connectivity index (χ3v) is 3.53. The van der Waals surface area contributed by atoms with Crippen molar-refractivity contribution >= 4 is 5.91 Å². The van der Waals surface area contributed by atoms with Gasteiger partial charge in [0.25, 0.3) is 5.91 Å². The Bertz CT molecular complexity index is 649. The van der Waals surface area contributed by atoms with Gasteiger partial charge in [0.15, 0.2) is 5.76 Å². The van der Waals surface area contributed by atoms with E-state index in [1.165, 1.54) is 11.1 Å². The lowest BCUT2D eigenvalue weighted by Gasteiger charge is -2.06. The molecule has 1 aliphatic heterocycles. The van der Waals surface area contributed by atoms with Crippen molar-refractivity contribution in [3.05, 3.63) is 58.5 Å². The third-order valence-electron chi connectivity index (χ3n) is 3.53. The van der Waals surface area contributed by atoms with Gasteiger partial charge in [-0.05, 0) is 28.8 Å². The molecule has 110 valence electrons. The van der Waals surface area contributed by atoms with Crippen LogP contribution in [0.15, 0.2) is 34.7 Å². The Morgan fingerprint density at radius 3 is 3.00 bits per heavy atom. The number of fused-ring (bicyclic) bond motifs is 1. The first-order valence-electron chi connectivity index (χ1n) is 6.93. The molecular weight excluding hydrogens is 268 g/mol. The van der Waals surface area contributed by atoms with E-state index in [0.29, 0.717) is 24.7 Å². The lowest BCUT2D eigenvalue weighted by Crippen LogP contribution is -2.22. The molecule has 5 heteroatoms. The van der Waals surface area contributed by atoms with Gasteiger partial charge in [-0.25, -0.2) is 0 Å². The molecule has 0 radical (unpaired) electrons. The van der Waals surface area contributed by atoms with E-state index in [-0.39, 0.29) is 5.91 Å². The number of methoxy groups -OCH3 is 1. The minimum Gasteiger partial charge on any atom is -0.453 e. The van der Waals surface area contributed by atoms with Gasteiger partial charge in [0.1, 0.15) is 12.4 Å². The minimum absolute atomic E-state index is 0.212. The van der Waals surface area contributed by atoms with Crippen LogP contribution in [0.5, 0.6) is 0 Å². The summed E-state index contributed by atoms with van der Waals surface area (Å²) < 4.78 is 10.4. The fraction of sp³-hybridized carbons (Fsp3) is 0.312. The van der Waals surface area contributed by atoms with Crippen LogP contribution >= 0.6 is 0 Å². The van der Waals surface area contributed by atoms with Gasteiger partial charge < -0.3 is 19.8 Å². The molecule has 0 aliphatic carbocycles. The SMILES string of the molecule is COCc1ccc(C(=O)NCc2ccc3c(c2)CNC3)o1. The fourth-order valence-corrected chi connectivity index (χ4v) is 2.45. The lowest BCUT2D eigenvalue weighted by molar-refractivity contribution is 0.0914. The molecule has 0 spiro atoms. The van der Waals surface area contributed by atoms with E-state index in [9.17, 15) is 4.79 Å². The summed E-state index contributed by atoms with van der Waals surface area (Å²) in [5.41, 5.74) is 3.73. The quantitative estimate of drug-likeness (QED) is 0.882. The molecule has 21 heavy (non-hydrogen) atoms. The molecule has 0 atom stereocenters. The summed E-state index contributed by atoms with van der Waals surface area (Å²) in [6.07, 6.45) is 0. The number of furan rings is 1. The smallest absolute Gasteiger partial charge is 0.287 e. The largest absolute Gasteiger partial charge is 0.453 e. The molecular formula is C16H18N2O3. The Kier molecular flexibility index (Phi) is 4.03. The van der Waals surface area contributed by atoms with Crippen molar-refractivity contribution in [2.75, 3.05) is 7.11 Å². The highest BCUT2D eigenvalue weighted by Crippen LogP contribution is 2.17. The van der Waals surface area contributed by atoms with Gasteiger partial charge in [-0.15, -0.1) is 0 Å². The summed E-state index contributed by atoms with van der Waals surface area (Å²) in [5, 5.41) is 6.17. The van der Waals surface area contributed by atoms with Crippen molar-refractivity contribution in [2.24, 2.45) is 0 Å². The summed E-state index contributed by atoms with van der Waals surface area (Å²) in [5.74, 6) is 0.743. The van der Waals surface area contributed by atoms with Crippen LogP contribution in [0.1, 0.15) is 33.0 Å². The van der Waals surface area contributed by atoms with Crippen molar-refractivity contribution in [3.8, 4) is 0 Å². The van der Waals surface area contributed by atoms with Gasteiger partial charge in [-0.1, -0.05) is 18.2 Å². The molecule has 0 bridgehead atoms. The highest BCUT2D eigenvalue weighted by Gasteiger charge is 2.13. The average Bonchev–Trinajstić information content (AvgIpc) is 3.13. The van der Waals surface area contributed by atoms with Crippen LogP contribution in [0, 0.1) is 0 Å². The normalized spacial score (nSPS) is 13.2. The number of carbonyl (C=O) groups excluding carboxylic acids is 1.